The van der Waals surface area contributed by atoms with Crippen molar-refractivity contribution >= 4 is 28.0 Å². The molecule has 26 heavy (non-hydrogen) atoms. The van der Waals surface area contributed by atoms with Gasteiger partial charge in [0.2, 0.25) is 0 Å². The summed E-state index contributed by atoms with van der Waals surface area (Å²) < 4.78 is 0. The molecule has 2 heterocycles. The van der Waals surface area contributed by atoms with E-state index in [0.29, 0.717) is 12.4 Å². The number of aliphatic imine (C=N–C) groups is 1. The van der Waals surface area contributed by atoms with E-state index in [0.717, 1.165) is 11.1 Å². The Kier molecular flexibility index (Phi) is 3.59. The second-order valence-corrected chi connectivity index (χ2v) is 5.65. The number of hydrogen-bond donors (Lipinski definition) is 4. The number of benzene rings is 2. The smallest absolute Gasteiger partial charge is 0.285 e. The van der Waals surface area contributed by atoms with Crippen LogP contribution in [0.4, 0.5) is 11.4 Å². The normalized spacial score (nSPS) is 14.8. The van der Waals surface area contributed by atoms with Crippen LogP contribution >= 0.6 is 0 Å². The summed E-state index contributed by atoms with van der Waals surface area (Å²) in [7, 11) is 0. The number of hydrazine groups is 1. The average Bonchev–Trinajstić information content (AvgIpc) is 2.64. The summed E-state index contributed by atoms with van der Waals surface area (Å²) in [4.78, 5) is 39.0. The van der Waals surface area contributed by atoms with E-state index >= 15 is 0 Å². The van der Waals surface area contributed by atoms with Crippen molar-refractivity contribution in [3.8, 4) is 0 Å². The molecule has 0 saturated heterocycles. The monoisotopic (exact) mass is 352 g/mol. The van der Waals surface area contributed by atoms with Gasteiger partial charge in [0.1, 0.15) is 11.2 Å². The van der Waals surface area contributed by atoms with Crippen LogP contribution in [-0.2, 0) is 6.54 Å². The van der Waals surface area contributed by atoms with Gasteiger partial charge < -0.3 is 5.43 Å². The lowest BCUT2D eigenvalue weighted by molar-refractivity contribution is -0.383. The minimum atomic E-state index is -0.742. The van der Waals surface area contributed by atoms with E-state index in [1.807, 2.05) is 24.3 Å². The fourth-order valence-corrected chi connectivity index (χ4v) is 2.89. The molecule has 1 aromatic heterocycles. The minimum Gasteiger partial charge on any atom is -0.305 e. The zero-order valence-corrected chi connectivity index (χ0v) is 13.2. The van der Waals surface area contributed by atoms with Gasteiger partial charge in [-0.3, -0.25) is 29.9 Å². The molecule has 0 atom stereocenters. The molecule has 10 heteroatoms. The lowest BCUT2D eigenvalue weighted by atomic mass is 10.1. The topological polar surface area (TPSA) is 145 Å². The van der Waals surface area contributed by atoms with Gasteiger partial charge in [-0.2, -0.15) is 0 Å². The van der Waals surface area contributed by atoms with Gasteiger partial charge in [-0.15, -0.1) is 0 Å². The number of non-ortho nitro benzene ring substituents is 1. The zero-order chi connectivity index (χ0) is 18.3. The van der Waals surface area contributed by atoms with Crippen LogP contribution in [0.5, 0.6) is 0 Å². The third kappa shape index (κ3) is 2.54. The predicted molar refractivity (Wildman–Crippen MR) is 94.5 cm³/mol. The second-order valence-electron chi connectivity index (χ2n) is 5.65. The van der Waals surface area contributed by atoms with E-state index in [9.17, 15) is 19.7 Å². The van der Waals surface area contributed by atoms with Crippen molar-refractivity contribution in [3.05, 3.63) is 78.3 Å². The van der Waals surface area contributed by atoms with Crippen LogP contribution in [0, 0.1) is 10.1 Å². The van der Waals surface area contributed by atoms with Gasteiger partial charge >= 0.3 is 0 Å². The molecule has 0 fully saturated rings. The third-order valence-corrected chi connectivity index (χ3v) is 4.06. The molecule has 1 aliphatic heterocycles. The van der Waals surface area contributed by atoms with E-state index in [1.54, 1.807) is 0 Å². The Hall–Kier alpha value is -3.79. The maximum Gasteiger partial charge on any atom is 0.285 e. The maximum atomic E-state index is 12.0. The number of hydrogen-bond acceptors (Lipinski definition) is 6. The Labute approximate surface area is 144 Å². The third-order valence-electron chi connectivity index (χ3n) is 4.06. The molecule has 0 bridgehead atoms. The number of H-pyrrole nitrogens is 2. The van der Waals surface area contributed by atoms with Gasteiger partial charge in [-0.05, 0) is 11.6 Å². The van der Waals surface area contributed by atoms with Crippen LogP contribution in [0.25, 0.3) is 10.8 Å². The number of aromatic nitrogens is 2. The highest BCUT2D eigenvalue weighted by molar-refractivity contribution is 6.03. The Morgan fingerprint density at radius 2 is 1.85 bits per heavy atom. The highest BCUT2D eigenvalue weighted by Crippen LogP contribution is 2.28. The van der Waals surface area contributed by atoms with Gasteiger partial charge in [0.05, 0.1) is 16.0 Å². The van der Waals surface area contributed by atoms with Gasteiger partial charge in [-0.1, -0.05) is 24.3 Å². The first-order valence-corrected chi connectivity index (χ1v) is 7.63. The van der Waals surface area contributed by atoms with Gasteiger partial charge in [0.15, 0.2) is 0 Å². The van der Waals surface area contributed by atoms with E-state index in [4.69, 9.17) is 0 Å². The summed E-state index contributed by atoms with van der Waals surface area (Å²) in [6, 6.07) is 10.1. The predicted octanol–water partition coefficient (Wildman–Crippen LogP) is 0.811. The number of fused-ring (bicyclic) bond motifs is 2. The molecule has 10 nitrogen and oxygen atoms in total. The van der Waals surface area contributed by atoms with Crippen molar-refractivity contribution in [2.45, 2.75) is 6.54 Å². The highest BCUT2D eigenvalue weighted by Gasteiger charge is 2.20. The molecular weight excluding hydrogens is 340 g/mol. The van der Waals surface area contributed by atoms with E-state index in [2.05, 4.69) is 26.0 Å². The van der Waals surface area contributed by atoms with Crippen LogP contribution in [-0.4, -0.2) is 21.0 Å². The number of rotatable bonds is 2. The van der Waals surface area contributed by atoms with Crippen LogP contribution in [0.2, 0.25) is 0 Å². The van der Waals surface area contributed by atoms with Crippen LogP contribution in [0.15, 0.2) is 51.0 Å². The lowest BCUT2D eigenvalue weighted by Gasteiger charge is -2.20. The van der Waals surface area contributed by atoms with Crippen molar-refractivity contribution in [1.29, 1.82) is 0 Å². The molecule has 2 aromatic carbocycles. The standard InChI is InChI=1S/C16H12N6O4/c23-15-11-5-9(6-12(22(25)26)13(11)16(24)21-20-15)18-14-10-4-2-1-3-8(10)7-17-19-14/h1-6,17H,7H2,(H,18,19)(H,20,23)(H,21,24). The molecule has 130 valence electrons. The first kappa shape index (κ1) is 15.7. The van der Waals surface area contributed by atoms with E-state index < -0.39 is 21.7 Å². The second kappa shape index (κ2) is 5.93. The number of aromatic amines is 2. The summed E-state index contributed by atoms with van der Waals surface area (Å²) in [5, 5.41) is 15.3. The van der Waals surface area contributed by atoms with E-state index in [-0.39, 0.29) is 16.5 Å². The number of nitrogens with one attached hydrogen (secondary N) is 4. The van der Waals surface area contributed by atoms with Crippen molar-refractivity contribution in [2.75, 3.05) is 0 Å². The average molecular weight is 352 g/mol. The number of nitro benzene ring substituents is 1. The van der Waals surface area contributed by atoms with E-state index in [1.165, 1.54) is 12.1 Å². The van der Waals surface area contributed by atoms with Crippen LogP contribution in [0.3, 0.4) is 0 Å². The largest absolute Gasteiger partial charge is 0.305 e. The Morgan fingerprint density at radius 3 is 2.65 bits per heavy atom. The van der Waals surface area contributed by atoms with Crippen LogP contribution in [0.1, 0.15) is 11.1 Å². The summed E-state index contributed by atoms with van der Waals surface area (Å²) in [6.45, 7) is 0.599. The quantitative estimate of drug-likeness (QED) is 0.397. The Bertz CT molecular complexity index is 1190. The van der Waals surface area contributed by atoms with Crippen LogP contribution < -0.4 is 22.0 Å². The molecule has 4 rings (SSSR count). The summed E-state index contributed by atoms with van der Waals surface area (Å²) in [5.41, 5.74) is 6.06. The summed E-state index contributed by atoms with van der Waals surface area (Å²) in [6.07, 6.45) is 0. The molecule has 0 saturated carbocycles. The molecule has 1 aliphatic rings. The van der Waals surface area contributed by atoms with Crippen molar-refractivity contribution in [1.82, 2.24) is 21.0 Å². The molecule has 0 aliphatic carbocycles. The van der Waals surface area contributed by atoms with Crippen molar-refractivity contribution in [2.24, 2.45) is 4.99 Å². The Morgan fingerprint density at radius 1 is 1.08 bits per heavy atom. The number of nitro groups is 1. The first-order chi connectivity index (χ1) is 12.5. The van der Waals surface area contributed by atoms with Crippen molar-refractivity contribution < 1.29 is 4.92 Å². The van der Waals surface area contributed by atoms with Gasteiger partial charge in [-0.25, -0.2) is 10.4 Å². The molecule has 0 amide bonds. The molecule has 0 radical (unpaired) electrons. The molecule has 4 N–H and O–H groups in total. The Balaban J connectivity index is 1.97. The lowest BCUT2D eigenvalue weighted by Crippen LogP contribution is -2.42. The molecule has 0 unspecified atom stereocenters. The number of amidine groups is 1. The maximum absolute atomic E-state index is 12.0. The van der Waals surface area contributed by atoms with Gasteiger partial charge in [0.25, 0.3) is 16.8 Å². The summed E-state index contributed by atoms with van der Waals surface area (Å²) in [5.74, 6) is 0.460. The van der Waals surface area contributed by atoms with Crippen molar-refractivity contribution in [3.63, 3.8) is 0 Å². The molecule has 3 aromatic rings. The molecule has 0 spiro atoms. The molecular formula is C16H12N6O4. The van der Waals surface area contributed by atoms with Gasteiger partial charge in [0, 0.05) is 18.2 Å². The fourth-order valence-electron chi connectivity index (χ4n) is 2.89. The SMILES string of the molecule is O=c1[nH][nH]c(=O)c2c([N+](=O)[O-])cc(N=C3NNCc4ccccc43)cc12. The first-order valence-electron chi connectivity index (χ1n) is 7.63. The minimum absolute atomic E-state index is 0.0978. The highest BCUT2D eigenvalue weighted by atomic mass is 16.6. The number of nitrogens with zero attached hydrogens (tertiary/aromatic N) is 2. The summed E-state index contributed by atoms with van der Waals surface area (Å²) >= 11 is 0. The fraction of sp³-hybridized carbons (Fsp3) is 0.0625. The zero-order valence-electron chi connectivity index (χ0n) is 13.2.